The Morgan fingerprint density at radius 1 is 0.957 bits per heavy atom. The number of fused-ring (bicyclic) bond motifs is 3. The van der Waals surface area contributed by atoms with Gasteiger partial charge in [0.1, 0.15) is 0 Å². The van der Waals surface area contributed by atoms with Crippen molar-refractivity contribution in [2.75, 3.05) is 0 Å². The van der Waals surface area contributed by atoms with Crippen LogP contribution in [0, 0.1) is 18.3 Å². The van der Waals surface area contributed by atoms with E-state index in [0.29, 0.717) is 5.92 Å². The van der Waals surface area contributed by atoms with Crippen molar-refractivity contribution in [1.82, 2.24) is 0 Å². The summed E-state index contributed by atoms with van der Waals surface area (Å²) < 4.78 is 29.7. The lowest BCUT2D eigenvalue weighted by Gasteiger charge is -2.13. The third-order valence-electron chi connectivity index (χ3n) is 5.23. The van der Waals surface area contributed by atoms with Gasteiger partial charge < -0.3 is 0 Å². The van der Waals surface area contributed by atoms with Crippen LogP contribution in [-0.4, -0.2) is 14.1 Å². The molecule has 0 aliphatic heterocycles. The van der Waals surface area contributed by atoms with Gasteiger partial charge >= 0.3 is 0 Å². The van der Waals surface area contributed by atoms with Gasteiger partial charge in [-0.1, -0.05) is 55.8 Å². The highest BCUT2D eigenvalue weighted by Gasteiger charge is 2.65. The normalized spacial score (nSPS) is 26.0. The van der Waals surface area contributed by atoms with Crippen molar-refractivity contribution in [3.05, 3.63) is 65.2 Å². The van der Waals surface area contributed by atoms with Gasteiger partial charge in [-0.05, 0) is 36.0 Å². The van der Waals surface area contributed by atoms with Crippen LogP contribution in [0.2, 0.25) is 0 Å². The number of aryl methyl sites for hydroxylation is 1. The van der Waals surface area contributed by atoms with Crippen LogP contribution in [0.4, 0.5) is 0 Å². The predicted octanol–water partition coefficient (Wildman–Crippen LogP) is 3.93. The Kier molecular flexibility index (Phi) is 2.89. The molecule has 0 spiro atoms. The summed E-state index contributed by atoms with van der Waals surface area (Å²) in [7, 11) is -3.67. The van der Waals surface area contributed by atoms with Crippen molar-refractivity contribution < 1.29 is 8.42 Å². The summed E-state index contributed by atoms with van der Waals surface area (Å²) in [5.41, 5.74) is 4.09. The maximum Gasteiger partial charge on any atom is 0.282 e. The number of sulfonamides is 1. The van der Waals surface area contributed by atoms with E-state index >= 15 is 0 Å². The van der Waals surface area contributed by atoms with E-state index < -0.39 is 10.0 Å². The van der Waals surface area contributed by atoms with Crippen molar-refractivity contribution in [3.8, 4) is 0 Å². The second kappa shape index (κ2) is 4.54. The lowest BCUT2D eigenvalue weighted by molar-refractivity contribution is 0.592. The molecule has 0 heterocycles. The summed E-state index contributed by atoms with van der Waals surface area (Å²) in [6, 6.07) is 14.9. The van der Waals surface area contributed by atoms with Crippen molar-refractivity contribution in [2.45, 2.75) is 31.6 Å². The molecule has 0 saturated heterocycles. The SMILES string of the molecule is Cc1ccc(S(=O)(=O)/N=C2/c3ccccc3[C@H]3[C@@H]2C3(C)C)cc1. The number of nitrogens with zero attached hydrogens (tertiary/aromatic N) is 1. The quantitative estimate of drug-likeness (QED) is 0.840. The van der Waals surface area contributed by atoms with Gasteiger partial charge in [-0.2, -0.15) is 12.8 Å². The third kappa shape index (κ3) is 2.08. The van der Waals surface area contributed by atoms with E-state index in [2.05, 4.69) is 24.3 Å². The van der Waals surface area contributed by atoms with E-state index in [-0.39, 0.29) is 16.2 Å². The van der Waals surface area contributed by atoms with E-state index in [1.165, 1.54) is 5.56 Å². The second-order valence-corrected chi connectivity index (χ2v) is 8.73. The Labute approximate surface area is 137 Å². The molecule has 118 valence electrons. The zero-order valence-electron chi connectivity index (χ0n) is 13.4. The summed E-state index contributed by atoms with van der Waals surface area (Å²) in [5, 5.41) is 0. The molecule has 0 amide bonds. The summed E-state index contributed by atoms with van der Waals surface area (Å²) >= 11 is 0. The predicted molar refractivity (Wildman–Crippen MR) is 91.4 cm³/mol. The van der Waals surface area contributed by atoms with Gasteiger partial charge in [0.15, 0.2) is 0 Å². The Hall–Kier alpha value is -1.94. The van der Waals surface area contributed by atoms with E-state index in [1.54, 1.807) is 24.3 Å². The highest BCUT2D eigenvalue weighted by Crippen LogP contribution is 2.70. The lowest BCUT2D eigenvalue weighted by Crippen LogP contribution is -2.12. The molecule has 1 fully saturated rings. The van der Waals surface area contributed by atoms with E-state index in [1.807, 2.05) is 25.1 Å². The topological polar surface area (TPSA) is 46.5 Å². The molecule has 2 atom stereocenters. The van der Waals surface area contributed by atoms with E-state index in [4.69, 9.17) is 0 Å². The van der Waals surface area contributed by atoms with Crippen LogP contribution in [0.1, 0.15) is 36.5 Å². The maximum atomic E-state index is 12.7. The van der Waals surface area contributed by atoms with Gasteiger partial charge in [0, 0.05) is 11.5 Å². The molecule has 4 rings (SSSR count). The first kappa shape index (κ1) is 14.6. The molecule has 2 aliphatic carbocycles. The van der Waals surface area contributed by atoms with Crippen LogP contribution in [0.5, 0.6) is 0 Å². The van der Waals surface area contributed by atoms with Crippen LogP contribution < -0.4 is 0 Å². The summed E-state index contributed by atoms with van der Waals surface area (Å²) in [5.74, 6) is 0.603. The highest BCUT2D eigenvalue weighted by molar-refractivity contribution is 7.90. The van der Waals surface area contributed by atoms with Gasteiger partial charge in [-0.3, -0.25) is 0 Å². The minimum absolute atomic E-state index is 0.0932. The van der Waals surface area contributed by atoms with Crippen molar-refractivity contribution in [2.24, 2.45) is 15.7 Å². The minimum Gasteiger partial charge on any atom is -0.199 e. The number of rotatable bonds is 2. The first-order valence-electron chi connectivity index (χ1n) is 7.83. The van der Waals surface area contributed by atoms with Crippen LogP contribution in [-0.2, 0) is 10.0 Å². The zero-order valence-corrected chi connectivity index (χ0v) is 14.3. The van der Waals surface area contributed by atoms with Gasteiger partial charge in [-0.15, -0.1) is 0 Å². The summed E-state index contributed by atoms with van der Waals surface area (Å²) in [6.45, 7) is 6.31. The van der Waals surface area contributed by atoms with Crippen LogP contribution in [0.3, 0.4) is 0 Å². The molecule has 0 aromatic heterocycles. The first-order valence-corrected chi connectivity index (χ1v) is 9.27. The standard InChI is InChI=1S/C19H19NO2S/c1-12-8-10-13(11-9-12)23(21,22)20-18-15-7-5-4-6-14(15)16-17(18)19(16,2)3/h4-11,16-17H,1-3H3/b20-18-/t16-,17-/m0/s1. The average molecular weight is 325 g/mol. The smallest absolute Gasteiger partial charge is 0.199 e. The second-order valence-electron chi connectivity index (χ2n) is 7.13. The van der Waals surface area contributed by atoms with Crippen molar-refractivity contribution >= 4 is 15.7 Å². The van der Waals surface area contributed by atoms with Crippen LogP contribution in [0.25, 0.3) is 0 Å². The molecule has 4 heteroatoms. The minimum atomic E-state index is -3.67. The van der Waals surface area contributed by atoms with Gasteiger partial charge in [0.2, 0.25) is 0 Å². The zero-order chi connectivity index (χ0) is 16.4. The van der Waals surface area contributed by atoms with E-state index in [0.717, 1.165) is 16.8 Å². The lowest BCUT2D eigenvalue weighted by atomic mass is 9.94. The first-order chi connectivity index (χ1) is 10.8. The van der Waals surface area contributed by atoms with Crippen molar-refractivity contribution in [3.63, 3.8) is 0 Å². The Morgan fingerprint density at radius 3 is 2.30 bits per heavy atom. The highest BCUT2D eigenvalue weighted by atomic mass is 32.2. The molecule has 23 heavy (non-hydrogen) atoms. The molecule has 2 aliphatic rings. The average Bonchev–Trinajstić information content (AvgIpc) is 2.90. The maximum absolute atomic E-state index is 12.7. The summed E-state index contributed by atoms with van der Waals surface area (Å²) in [4.78, 5) is 0.259. The Balaban J connectivity index is 1.84. The monoisotopic (exact) mass is 325 g/mol. The van der Waals surface area contributed by atoms with Gasteiger partial charge in [-0.25, -0.2) is 0 Å². The molecule has 2 aromatic rings. The Bertz CT molecular complexity index is 924. The molecule has 3 nitrogen and oxygen atoms in total. The molecule has 0 unspecified atom stereocenters. The van der Waals surface area contributed by atoms with Crippen molar-refractivity contribution in [1.29, 1.82) is 0 Å². The van der Waals surface area contributed by atoms with Gasteiger partial charge in [0.25, 0.3) is 10.0 Å². The Morgan fingerprint density at radius 2 is 1.61 bits per heavy atom. The number of hydrogen-bond donors (Lipinski definition) is 0. The van der Waals surface area contributed by atoms with Gasteiger partial charge in [0.05, 0.1) is 10.6 Å². The molecular formula is C19H19NO2S. The molecule has 0 radical (unpaired) electrons. The number of benzene rings is 2. The summed E-state index contributed by atoms with van der Waals surface area (Å²) in [6.07, 6.45) is 0. The van der Waals surface area contributed by atoms with Crippen LogP contribution >= 0.6 is 0 Å². The molecule has 0 N–H and O–H groups in total. The molecule has 0 bridgehead atoms. The fraction of sp³-hybridized carbons (Fsp3) is 0.316. The molecular weight excluding hydrogens is 306 g/mol. The fourth-order valence-corrected chi connectivity index (χ4v) is 4.95. The van der Waals surface area contributed by atoms with Crippen LogP contribution in [0.15, 0.2) is 57.8 Å². The third-order valence-corrected chi connectivity index (χ3v) is 6.54. The number of hydrogen-bond acceptors (Lipinski definition) is 2. The molecule has 1 saturated carbocycles. The van der Waals surface area contributed by atoms with E-state index in [9.17, 15) is 8.42 Å². The largest absolute Gasteiger partial charge is 0.282 e. The fourth-order valence-electron chi connectivity index (χ4n) is 3.90. The molecule has 2 aromatic carbocycles.